The molecule has 2 nitrogen and oxygen atoms in total. The van der Waals surface area contributed by atoms with Crippen molar-refractivity contribution in [2.24, 2.45) is 0 Å². The molecule has 0 bridgehead atoms. The zero-order chi connectivity index (χ0) is 5.70. The topological polar surface area (TPSA) is 18.5 Å². The molecule has 43 valence electrons. The van der Waals surface area contributed by atoms with Crippen LogP contribution in [0.25, 0.3) is 0 Å². The molecule has 0 fully saturated rings. The highest BCUT2D eigenvalue weighted by molar-refractivity contribution is 9.09. The van der Waals surface area contributed by atoms with E-state index in [2.05, 4.69) is 15.9 Å². The van der Waals surface area contributed by atoms with Gasteiger partial charge in [0.2, 0.25) is 6.29 Å². The van der Waals surface area contributed by atoms with E-state index < -0.39 is 0 Å². The average Bonchev–Trinajstić information content (AvgIpc) is 1.72. The first-order valence-electron chi connectivity index (χ1n) is 1.85. The zero-order valence-electron chi connectivity index (χ0n) is 4.40. The van der Waals surface area contributed by atoms with Crippen LogP contribution in [-0.4, -0.2) is 19.5 Å². The highest BCUT2D eigenvalue weighted by Gasteiger charge is 2.01. The van der Waals surface area contributed by atoms with Crippen molar-refractivity contribution in [3.63, 3.8) is 0 Å². The Kier molecular flexibility index (Phi) is 4.82. The van der Waals surface area contributed by atoms with E-state index >= 15 is 0 Å². The van der Waals surface area contributed by atoms with Crippen LogP contribution in [0.5, 0.6) is 0 Å². The van der Waals surface area contributed by atoms with Gasteiger partial charge in [0.1, 0.15) is 0 Å². The van der Waals surface area contributed by atoms with Crippen LogP contribution < -0.4 is 0 Å². The Hall–Kier alpha value is 0.400. The lowest BCUT2D eigenvalue weighted by Gasteiger charge is -2.04. The lowest BCUT2D eigenvalue weighted by molar-refractivity contribution is 0.0175. The number of rotatable bonds is 3. The second kappa shape index (κ2) is 4.56. The molecule has 0 atom stereocenters. The first kappa shape index (κ1) is 7.40. The van der Waals surface area contributed by atoms with Gasteiger partial charge in [-0.05, 0) is 0 Å². The second-order valence-corrected chi connectivity index (χ2v) is 1.47. The smallest absolute Gasteiger partial charge is 0.234 e. The summed E-state index contributed by atoms with van der Waals surface area (Å²) in [7, 11) is 3.14. The zero-order valence-corrected chi connectivity index (χ0v) is 5.99. The molecule has 0 spiro atoms. The number of hydrogen-bond acceptors (Lipinski definition) is 2. The summed E-state index contributed by atoms with van der Waals surface area (Å²) in [4.78, 5) is 0. The van der Waals surface area contributed by atoms with Crippen molar-refractivity contribution in [1.29, 1.82) is 0 Å². The van der Waals surface area contributed by atoms with E-state index in [-0.39, 0.29) is 0 Å². The Balaban J connectivity index is 2.99. The number of ether oxygens (including phenoxy) is 2. The normalized spacial score (nSPS) is 10.3. The van der Waals surface area contributed by atoms with E-state index in [4.69, 9.17) is 9.47 Å². The molecule has 0 rings (SSSR count). The van der Waals surface area contributed by atoms with Gasteiger partial charge in [0.25, 0.3) is 0 Å². The van der Waals surface area contributed by atoms with E-state index in [1.165, 1.54) is 0 Å². The summed E-state index contributed by atoms with van der Waals surface area (Å²) in [5.74, 6) is 0. The molecule has 0 N–H and O–H groups in total. The largest absolute Gasteiger partial charge is 0.348 e. The average molecular weight is 168 g/mol. The predicted octanol–water partition coefficient (Wildman–Crippen LogP) is 1.16. The van der Waals surface area contributed by atoms with Gasteiger partial charge >= 0.3 is 0 Å². The van der Waals surface area contributed by atoms with Crippen molar-refractivity contribution >= 4 is 15.9 Å². The van der Waals surface area contributed by atoms with Crippen LogP contribution in [0.4, 0.5) is 0 Å². The van der Waals surface area contributed by atoms with Crippen LogP contribution in [0.15, 0.2) is 0 Å². The van der Waals surface area contributed by atoms with Crippen molar-refractivity contribution < 1.29 is 9.47 Å². The van der Waals surface area contributed by atoms with Crippen LogP contribution in [0.3, 0.4) is 0 Å². The summed E-state index contributed by atoms with van der Waals surface area (Å²) in [5.41, 5.74) is 0. The Morgan fingerprint density at radius 2 is 1.86 bits per heavy atom. The summed E-state index contributed by atoms with van der Waals surface area (Å²) >= 11 is 3.15. The molecule has 0 aromatic carbocycles. The number of methoxy groups -OCH3 is 2. The highest BCUT2D eigenvalue weighted by atomic mass is 79.9. The van der Waals surface area contributed by atoms with Crippen molar-refractivity contribution in [2.75, 3.05) is 19.5 Å². The molecule has 0 saturated carbocycles. The molecular weight excluding hydrogens is 160 g/mol. The van der Waals surface area contributed by atoms with Gasteiger partial charge in [-0.25, -0.2) is 0 Å². The Labute approximate surface area is 51.9 Å². The molecule has 1 radical (unpaired) electrons. The minimum atomic E-state index is 0.597. The van der Waals surface area contributed by atoms with E-state index in [9.17, 15) is 0 Å². The minimum absolute atomic E-state index is 0.597. The van der Waals surface area contributed by atoms with E-state index in [0.29, 0.717) is 11.6 Å². The van der Waals surface area contributed by atoms with Crippen LogP contribution in [0.1, 0.15) is 0 Å². The Bertz CT molecular complexity index is 31.2. The maximum atomic E-state index is 4.70. The van der Waals surface area contributed by atoms with E-state index in [1.54, 1.807) is 14.2 Å². The van der Waals surface area contributed by atoms with Gasteiger partial charge in [-0.1, -0.05) is 15.9 Å². The van der Waals surface area contributed by atoms with Crippen molar-refractivity contribution in [1.82, 2.24) is 0 Å². The molecule has 0 saturated heterocycles. The molecule has 0 aliphatic heterocycles. The first-order chi connectivity index (χ1) is 3.35. The van der Waals surface area contributed by atoms with Gasteiger partial charge in [0.05, 0.1) is 5.33 Å². The molecule has 0 unspecified atom stereocenters. The van der Waals surface area contributed by atoms with Gasteiger partial charge in [-0.2, -0.15) is 0 Å². The molecule has 0 amide bonds. The molecular formula is C4H8BrO2. The third-order valence-corrected chi connectivity index (χ3v) is 1.02. The number of halogens is 1. The fourth-order valence-corrected chi connectivity index (χ4v) is 0.650. The van der Waals surface area contributed by atoms with E-state index in [1.807, 2.05) is 0 Å². The molecule has 7 heavy (non-hydrogen) atoms. The van der Waals surface area contributed by atoms with Crippen LogP contribution in [0, 0.1) is 6.29 Å². The summed E-state index contributed by atoms with van der Waals surface area (Å²) in [6.07, 6.45) is 0.597. The maximum Gasteiger partial charge on any atom is 0.234 e. The third-order valence-electron chi connectivity index (χ3n) is 0.564. The van der Waals surface area contributed by atoms with Crippen LogP contribution in [0.2, 0.25) is 0 Å². The van der Waals surface area contributed by atoms with Gasteiger partial charge in [-0.3, -0.25) is 0 Å². The quantitative estimate of drug-likeness (QED) is 0.588. The molecule has 0 aromatic heterocycles. The molecule has 0 heterocycles. The molecule has 0 aromatic rings. The molecule has 0 aliphatic carbocycles. The molecule has 0 aliphatic rings. The number of alkyl halides is 1. The minimum Gasteiger partial charge on any atom is -0.348 e. The summed E-state index contributed by atoms with van der Waals surface area (Å²) in [6, 6.07) is 0. The van der Waals surface area contributed by atoms with Gasteiger partial charge in [0.15, 0.2) is 0 Å². The lowest BCUT2D eigenvalue weighted by Crippen LogP contribution is -2.02. The second-order valence-electron chi connectivity index (χ2n) is 0.914. The van der Waals surface area contributed by atoms with Crippen molar-refractivity contribution in [3.8, 4) is 0 Å². The highest BCUT2D eigenvalue weighted by Crippen LogP contribution is 2.03. The van der Waals surface area contributed by atoms with Gasteiger partial charge < -0.3 is 9.47 Å². The van der Waals surface area contributed by atoms with Crippen LogP contribution in [-0.2, 0) is 9.47 Å². The predicted molar refractivity (Wildman–Crippen MR) is 31.1 cm³/mol. The first-order valence-corrected chi connectivity index (χ1v) is 2.97. The summed E-state index contributed by atoms with van der Waals surface area (Å²) in [5, 5.41) is 0.639. The van der Waals surface area contributed by atoms with Gasteiger partial charge in [-0.15, -0.1) is 0 Å². The lowest BCUT2D eigenvalue weighted by atomic mass is 10.8. The van der Waals surface area contributed by atoms with Crippen molar-refractivity contribution in [2.45, 2.75) is 0 Å². The Morgan fingerprint density at radius 3 is 1.86 bits per heavy atom. The summed E-state index contributed by atoms with van der Waals surface area (Å²) in [6.45, 7) is 0. The standard InChI is InChI=1S/C4H8BrO2/c1-6-4(3-5)7-2/h3H2,1-2H3. The molecule has 3 heteroatoms. The van der Waals surface area contributed by atoms with Crippen molar-refractivity contribution in [3.05, 3.63) is 6.29 Å². The van der Waals surface area contributed by atoms with Gasteiger partial charge in [0, 0.05) is 14.2 Å². The monoisotopic (exact) mass is 167 g/mol. The van der Waals surface area contributed by atoms with Crippen LogP contribution >= 0.6 is 15.9 Å². The SMILES string of the molecule is CO[C](CBr)OC. The summed E-state index contributed by atoms with van der Waals surface area (Å²) < 4.78 is 9.39. The fraction of sp³-hybridized carbons (Fsp3) is 0.750. The van der Waals surface area contributed by atoms with E-state index in [0.717, 1.165) is 0 Å². The fourth-order valence-electron chi connectivity index (χ4n) is 0.192. The number of hydrogen-bond donors (Lipinski definition) is 0. The Morgan fingerprint density at radius 1 is 1.43 bits per heavy atom. The third kappa shape index (κ3) is 3.02. The maximum absolute atomic E-state index is 4.70.